The average molecular weight is 226 g/mol. The summed E-state index contributed by atoms with van der Waals surface area (Å²) in [5, 5.41) is 0. The molecule has 1 aromatic rings. The summed E-state index contributed by atoms with van der Waals surface area (Å²) in [4.78, 5) is 10.9. The van der Waals surface area contributed by atoms with Crippen molar-refractivity contribution in [3.63, 3.8) is 0 Å². The van der Waals surface area contributed by atoms with Crippen molar-refractivity contribution in [3.05, 3.63) is 41.0 Å². The van der Waals surface area contributed by atoms with Crippen molar-refractivity contribution in [1.82, 2.24) is 0 Å². The third kappa shape index (κ3) is 1.56. The van der Waals surface area contributed by atoms with Crippen molar-refractivity contribution >= 4 is 11.9 Å². The first-order valence-corrected chi connectivity index (χ1v) is 6.49. The van der Waals surface area contributed by atoms with Gasteiger partial charge in [0.1, 0.15) is 6.29 Å². The summed E-state index contributed by atoms with van der Waals surface area (Å²) >= 11 is 0. The molecule has 88 valence electrons. The maximum atomic E-state index is 10.9. The van der Waals surface area contributed by atoms with Crippen LogP contribution >= 0.6 is 0 Å². The zero-order chi connectivity index (χ0) is 11.9. The molecule has 1 aromatic carbocycles. The van der Waals surface area contributed by atoms with Crippen molar-refractivity contribution in [2.75, 3.05) is 0 Å². The van der Waals surface area contributed by atoms with Gasteiger partial charge < -0.3 is 4.79 Å². The Morgan fingerprint density at radius 3 is 2.88 bits per heavy atom. The van der Waals surface area contributed by atoms with Crippen molar-refractivity contribution in [2.45, 2.75) is 39.0 Å². The fraction of sp³-hybridized carbons (Fsp3) is 0.438. The van der Waals surface area contributed by atoms with Crippen LogP contribution in [0.1, 0.15) is 43.7 Å². The Bertz CT molecular complexity index is 498. The van der Waals surface area contributed by atoms with E-state index >= 15 is 0 Å². The van der Waals surface area contributed by atoms with Crippen molar-refractivity contribution in [2.24, 2.45) is 5.41 Å². The molecule has 0 saturated carbocycles. The molecular weight excluding hydrogens is 208 g/mol. The van der Waals surface area contributed by atoms with Gasteiger partial charge in [0, 0.05) is 6.42 Å². The van der Waals surface area contributed by atoms with Gasteiger partial charge >= 0.3 is 0 Å². The van der Waals surface area contributed by atoms with Gasteiger partial charge in [0.15, 0.2) is 0 Å². The molecule has 0 radical (unpaired) electrons. The predicted octanol–water partition coefficient (Wildman–Crippen LogP) is 3.78. The molecule has 0 N–H and O–H groups in total. The van der Waals surface area contributed by atoms with Crippen LogP contribution in [0, 0.1) is 5.41 Å². The Hall–Kier alpha value is -1.37. The number of rotatable bonds is 2. The normalized spacial score (nSPS) is 26.6. The highest BCUT2D eigenvalue weighted by Gasteiger charge is 2.38. The molecule has 1 atom stereocenters. The molecule has 2 aliphatic rings. The molecule has 0 saturated heterocycles. The molecule has 1 nitrogen and oxygen atoms in total. The number of benzene rings is 1. The van der Waals surface area contributed by atoms with Crippen LogP contribution < -0.4 is 0 Å². The minimum atomic E-state index is 0.0909. The second kappa shape index (κ2) is 3.83. The average Bonchev–Trinajstić information content (AvgIpc) is 2.68. The van der Waals surface area contributed by atoms with E-state index in [1.807, 2.05) is 0 Å². The van der Waals surface area contributed by atoms with Gasteiger partial charge in [0.2, 0.25) is 0 Å². The number of hydrogen-bond acceptors (Lipinski definition) is 1. The number of hydrogen-bond donors (Lipinski definition) is 0. The first-order valence-electron chi connectivity index (χ1n) is 6.49. The number of carbonyl (C=O) groups is 1. The Morgan fingerprint density at radius 1 is 1.24 bits per heavy atom. The lowest BCUT2D eigenvalue weighted by atomic mass is 9.74. The Morgan fingerprint density at radius 2 is 2.06 bits per heavy atom. The molecule has 1 unspecified atom stereocenters. The fourth-order valence-electron chi connectivity index (χ4n) is 3.52. The second-order valence-corrected chi connectivity index (χ2v) is 5.57. The summed E-state index contributed by atoms with van der Waals surface area (Å²) in [6, 6.07) is 8.71. The van der Waals surface area contributed by atoms with Crippen LogP contribution in [0.25, 0.3) is 5.57 Å². The standard InChI is InChI=1S/C16H18O/c1-16(10-11-17)9-8-13-7-6-12-4-2-3-5-14(12)15(13)16/h2-5,11H,6-10H2,1H3. The van der Waals surface area contributed by atoms with Crippen LogP contribution in [0.3, 0.4) is 0 Å². The first-order chi connectivity index (χ1) is 8.24. The number of allylic oxidation sites excluding steroid dienone is 2. The lowest BCUT2D eigenvalue weighted by Gasteiger charge is -2.30. The number of carbonyl (C=O) groups excluding carboxylic acids is 1. The molecule has 0 bridgehead atoms. The fourth-order valence-corrected chi connectivity index (χ4v) is 3.52. The van der Waals surface area contributed by atoms with Crippen LogP contribution in [0.15, 0.2) is 29.8 Å². The van der Waals surface area contributed by atoms with Crippen LogP contribution in [0.5, 0.6) is 0 Å². The monoisotopic (exact) mass is 226 g/mol. The van der Waals surface area contributed by atoms with Crippen LogP contribution in [0.4, 0.5) is 0 Å². The molecule has 0 aliphatic heterocycles. The predicted molar refractivity (Wildman–Crippen MR) is 69.7 cm³/mol. The Labute approximate surface area is 103 Å². The third-order valence-electron chi connectivity index (χ3n) is 4.45. The van der Waals surface area contributed by atoms with E-state index in [4.69, 9.17) is 0 Å². The van der Waals surface area contributed by atoms with E-state index in [2.05, 4.69) is 31.2 Å². The maximum absolute atomic E-state index is 10.9. The second-order valence-electron chi connectivity index (χ2n) is 5.57. The minimum absolute atomic E-state index is 0.0909. The molecule has 0 heterocycles. The van der Waals surface area contributed by atoms with Crippen LogP contribution in [-0.2, 0) is 11.2 Å². The SMILES string of the molecule is CC1(CC=O)CCC2=C1c1ccccc1CC2. The molecule has 0 fully saturated rings. The number of fused-ring (bicyclic) bond motifs is 2. The highest BCUT2D eigenvalue weighted by molar-refractivity contribution is 5.80. The van der Waals surface area contributed by atoms with Crippen molar-refractivity contribution in [1.29, 1.82) is 0 Å². The molecule has 0 aromatic heterocycles. The summed E-state index contributed by atoms with van der Waals surface area (Å²) in [7, 11) is 0. The summed E-state index contributed by atoms with van der Waals surface area (Å²) in [5.41, 5.74) is 6.06. The van der Waals surface area contributed by atoms with E-state index in [1.165, 1.54) is 36.0 Å². The van der Waals surface area contributed by atoms with Gasteiger partial charge in [-0.05, 0) is 47.8 Å². The largest absolute Gasteiger partial charge is 0.303 e. The molecule has 1 heteroatoms. The zero-order valence-electron chi connectivity index (χ0n) is 10.3. The summed E-state index contributed by atoms with van der Waals surface area (Å²) in [6.07, 6.45) is 6.46. The topological polar surface area (TPSA) is 17.1 Å². The Kier molecular flexibility index (Phi) is 2.43. The van der Waals surface area contributed by atoms with E-state index in [9.17, 15) is 4.79 Å². The number of aldehydes is 1. The van der Waals surface area contributed by atoms with Gasteiger partial charge in [-0.2, -0.15) is 0 Å². The van der Waals surface area contributed by atoms with Crippen LogP contribution in [-0.4, -0.2) is 6.29 Å². The van der Waals surface area contributed by atoms with E-state index in [0.717, 1.165) is 12.7 Å². The smallest absolute Gasteiger partial charge is 0.120 e. The highest BCUT2D eigenvalue weighted by Crippen LogP contribution is 2.53. The van der Waals surface area contributed by atoms with Crippen molar-refractivity contribution < 1.29 is 4.79 Å². The molecular formula is C16H18O. The lowest BCUT2D eigenvalue weighted by molar-refractivity contribution is -0.109. The van der Waals surface area contributed by atoms with Gasteiger partial charge in [-0.3, -0.25) is 0 Å². The zero-order valence-corrected chi connectivity index (χ0v) is 10.3. The van der Waals surface area contributed by atoms with Gasteiger partial charge in [-0.15, -0.1) is 0 Å². The van der Waals surface area contributed by atoms with E-state index in [1.54, 1.807) is 5.57 Å². The molecule has 2 aliphatic carbocycles. The van der Waals surface area contributed by atoms with Gasteiger partial charge in [-0.25, -0.2) is 0 Å². The lowest BCUT2D eigenvalue weighted by Crippen LogP contribution is -2.17. The quantitative estimate of drug-likeness (QED) is 0.701. The van der Waals surface area contributed by atoms with Gasteiger partial charge in [0.25, 0.3) is 0 Å². The molecule has 0 amide bonds. The van der Waals surface area contributed by atoms with E-state index in [-0.39, 0.29) is 5.41 Å². The number of aryl methyl sites for hydroxylation is 1. The summed E-state index contributed by atoms with van der Waals surface area (Å²) < 4.78 is 0. The van der Waals surface area contributed by atoms with Gasteiger partial charge in [-0.1, -0.05) is 36.8 Å². The molecule has 17 heavy (non-hydrogen) atoms. The minimum Gasteiger partial charge on any atom is -0.303 e. The highest BCUT2D eigenvalue weighted by atomic mass is 16.1. The molecule has 3 rings (SSSR count). The third-order valence-corrected chi connectivity index (χ3v) is 4.45. The Balaban J connectivity index is 2.13. The maximum Gasteiger partial charge on any atom is 0.120 e. The molecule has 0 spiro atoms. The van der Waals surface area contributed by atoms with Crippen molar-refractivity contribution in [3.8, 4) is 0 Å². The summed E-state index contributed by atoms with van der Waals surface area (Å²) in [5.74, 6) is 0. The van der Waals surface area contributed by atoms with E-state index in [0.29, 0.717) is 6.42 Å². The first kappa shape index (κ1) is 10.8. The summed E-state index contributed by atoms with van der Waals surface area (Å²) in [6.45, 7) is 2.26. The van der Waals surface area contributed by atoms with Crippen LogP contribution in [0.2, 0.25) is 0 Å². The van der Waals surface area contributed by atoms with Gasteiger partial charge in [0.05, 0.1) is 0 Å². The van der Waals surface area contributed by atoms with E-state index < -0.39 is 0 Å².